The van der Waals surface area contributed by atoms with Crippen LogP contribution in [0.5, 0.6) is 5.75 Å². The molecule has 1 fully saturated rings. The Balaban J connectivity index is 2.07. The van der Waals surface area contributed by atoms with Crippen LogP contribution in [0.15, 0.2) is 30.5 Å². The average molecular weight is 473 g/mol. The van der Waals surface area contributed by atoms with Crippen LogP contribution in [-0.2, 0) is 9.53 Å². The van der Waals surface area contributed by atoms with Crippen LogP contribution in [0.1, 0.15) is 35.7 Å². The molecule has 1 saturated heterocycles. The van der Waals surface area contributed by atoms with Crippen molar-refractivity contribution in [3.63, 3.8) is 0 Å². The number of pyridine rings is 1. The van der Waals surface area contributed by atoms with Gasteiger partial charge in [0, 0.05) is 29.2 Å². The fourth-order valence-electron chi connectivity index (χ4n) is 3.89. The number of rotatable bonds is 5. The minimum absolute atomic E-state index is 0.0000342. The van der Waals surface area contributed by atoms with Gasteiger partial charge in [-0.25, -0.2) is 9.37 Å². The lowest BCUT2D eigenvalue weighted by atomic mass is 9.77. The summed E-state index contributed by atoms with van der Waals surface area (Å²) in [4.78, 5) is 28.2. The van der Waals surface area contributed by atoms with Gasteiger partial charge in [-0.1, -0.05) is 13.0 Å². The number of nitrogens with two attached hydrogens (primary N) is 1. The molecular formula is C21H20F5N3O4. The fraction of sp³-hybridized carbons (Fsp3) is 0.381. The highest BCUT2D eigenvalue weighted by atomic mass is 19.4. The smallest absolute Gasteiger partial charge is 0.417 e. The van der Waals surface area contributed by atoms with Gasteiger partial charge in [0.25, 0.3) is 5.91 Å². The Bertz CT molecular complexity index is 1090. The first kappa shape index (κ1) is 24.4. The molecule has 0 unspecified atom stereocenters. The van der Waals surface area contributed by atoms with E-state index in [9.17, 15) is 31.5 Å². The molecule has 0 spiro atoms. The third-order valence-corrected chi connectivity index (χ3v) is 5.87. The Morgan fingerprint density at radius 2 is 1.91 bits per heavy atom. The lowest BCUT2D eigenvalue weighted by Crippen LogP contribution is -2.47. The maximum absolute atomic E-state index is 14.3. The first-order valence-corrected chi connectivity index (χ1v) is 9.65. The van der Waals surface area contributed by atoms with Crippen LogP contribution in [0.25, 0.3) is 0 Å². The number of halogens is 5. The average Bonchev–Trinajstić information content (AvgIpc) is 3.02. The van der Waals surface area contributed by atoms with Gasteiger partial charge < -0.3 is 20.5 Å². The van der Waals surface area contributed by atoms with Gasteiger partial charge >= 0.3 is 6.18 Å². The van der Waals surface area contributed by atoms with Crippen LogP contribution in [-0.4, -0.2) is 41.8 Å². The second-order valence-corrected chi connectivity index (χ2v) is 7.72. The quantitative estimate of drug-likeness (QED) is 0.647. The Morgan fingerprint density at radius 1 is 1.24 bits per heavy atom. The van der Waals surface area contributed by atoms with E-state index in [-0.39, 0.29) is 16.9 Å². The highest BCUT2D eigenvalue weighted by Gasteiger charge is 2.65. The molecule has 2 heterocycles. The zero-order chi connectivity index (χ0) is 24.7. The molecule has 3 rings (SSSR count). The van der Waals surface area contributed by atoms with E-state index in [4.69, 9.17) is 15.2 Å². The number of benzene rings is 1. The van der Waals surface area contributed by atoms with E-state index < -0.39 is 58.9 Å². The summed E-state index contributed by atoms with van der Waals surface area (Å²) in [6, 6.07) is 4.20. The number of methoxy groups -OCH3 is 1. The predicted octanol–water partition coefficient (Wildman–Crippen LogP) is 3.55. The van der Waals surface area contributed by atoms with E-state index in [1.165, 1.54) is 19.2 Å². The number of aromatic nitrogens is 1. The van der Waals surface area contributed by atoms with Crippen molar-refractivity contribution in [2.75, 3.05) is 12.4 Å². The van der Waals surface area contributed by atoms with Crippen molar-refractivity contribution < 1.29 is 41.0 Å². The zero-order valence-electron chi connectivity index (χ0n) is 17.7. The number of anilines is 1. The Morgan fingerprint density at radius 3 is 2.48 bits per heavy atom. The number of primary amides is 1. The zero-order valence-corrected chi connectivity index (χ0v) is 17.7. The number of alkyl halides is 3. The van der Waals surface area contributed by atoms with E-state index >= 15 is 0 Å². The van der Waals surface area contributed by atoms with Crippen molar-refractivity contribution in [2.45, 2.75) is 37.6 Å². The van der Waals surface area contributed by atoms with Gasteiger partial charge in [-0.3, -0.25) is 9.59 Å². The standard InChI is InChI=1S/C21H20F5N3O4/c1-9-14(11-4-5-12(22)15(23)16(11)32-3)17(33-20(9,2)21(24,25)26)19(31)29-13-8-10(18(27)30)6-7-28-13/h4-9,14,17H,1-3H3,(H2,27,30)(H,28,29,31)/t9-,14-,17+,20-/m0/s1. The van der Waals surface area contributed by atoms with Gasteiger partial charge in [-0.2, -0.15) is 17.6 Å². The second-order valence-electron chi connectivity index (χ2n) is 7.72. The van der Waals surface area contributed by atoms with Crippen LogP contribution < -0.4 is 15.8 Å². The molecule has 0 saturated carbocycles. The molecule has 33 heavy (non-hydrogen) atoms. The molecule has 12 heteroatoms. The molecule has 0 bridgehead atoms. The molecule has 4 atom stereocenters. The first-order valence-electron chi connectivity index (χ1n) is 9.65. The second kappa shape index (κ2) is 8.58. The van der Waals surface area contributed by atoms with Gasteiger partial charge in [-0.05, 0) is 25.1 Å². The van der Waals surface area contributed by atoms with Gasteiger partial charge in [0.1, 0.15) is 11.9 Å². The minimum Gasteiger partial charge on any atom is -0.493 e. The van der Waals surface area contributed by atoms with Crippen LogP contribution >= 0.6 is 0 Å². The molecular weight excluding hydrogens is 453 g/mol. The van der Waals surface area contributed by atoms with Crippen molar-refractivity contribution >= 4 is 17.6 Å². The lowest BCUT2D eigenvalue weighted by Gasteiger charge is -2.32. The summed E-state index contributed by atoms with van der Waals surface area (Å²) in [5, 5.41) is 2.29. The molecule has 1 aliphatic heterocycles. The number of hydrogen-bond acceptors (Lipinski definition) is 5. The van der Waals surface area contributed by atoms with E-state index in [0.29, 0.717) is 0 Å². The summed E-state index contributed by atoms with van der Waals surface area (Å²) >= 11 is 0. The molecule has 3 N–H and O–H groups in total. The van der Waals surface area contributed by atoms with E-state index in [2.05, 4.69) is 10.3 Å². The van der Waals surface area contributed by atoms with Gasteiger partial charge in [-0.15, -0.1) is 0 Å². The summed E-state index contributed by atoms with van der Waals surface area (Å²) in [5.74, 6) is -8.10. The number of amides is 2. The van der Waals surface area contributed by atoms with Crippen molar-refractivity contribution in [3.8, 4) is 5.75 Å². The van der Waals surface area contributed by atoms with E-state index in [1.54, 1.807) is 0 Å². The van der Waals surface area contributed by atoms with Crippen LogP contribution in [0.2, 0.25) is 0 Å². The van der Waals surface area contributed by atoms with Crippen LogP contribution in [0.3, 0.4) is 0 Å². The van der Waals surface area contributed by atoms with Crippen LogP contribution in [0, 0.1) is 17.6 Å². The molecule has 0 aliphatic carbocycles. The van der Waals surface area contributed by atoms with Crippen molar-refractivity contribution in [2.24, 2.45) is 11.7 Å². The molecule has 2 amide bonds. The van der Waals surface area contributed by atoms with Gasteiger partial charge in [0.15, 0.2) is 17.2 Å². The molecule has 1 aromatic carbocycles. The minimum atomic E-state index is -4.89. The number of carbonyl (C=O) groups excluding carboxylic acids is 2. The summed E-state index contributed by atoms with van der Waals surface area (Å²) < 4.78 is 80.0. The Kier molecular flexibility index (Phi) is 6.33. The van der Waals surface area contributed by atoms with E-state index in [1.807, 2.05) is 0 Å². The summed E-state index contributed by atoms with van der Waals surface area (Å²) in [6.07, 6.45) is -5.51. The van der Waals surface area contributed by atoms with Gasteiger partial charge in [0.05, 0.1) is 7.11 Å². The number of hydrogen-bond donors (Lipinski definition) is 2. The maximum atomic E-state index is 14.3. The lowest BCUT2D eigenvalue weighted by molar-refractivity contribution is -0.272. The SMILES string of the molecule is COc1c([C@H]2[C@H](C(=O)Nc3cc(C(N)=O)ccn3)O[C@](C)(C(F)(F)F)[C@H]2C)ccc(F)c1F. The molecule has 178 valence electrons. The highest BCUT2D eigenvalue weighted by molar-refractivity contribution is 5.97. The highest BCUT2D eigenvalue weighted by Crippen LogP contribution is 2.54. The van der Waals surface area contributed by atoms with Gasteiger partial charge in [0.2, 0.25) is 11.7 Å². The van der Waals surface area contributed by atoms with Crippen LogP contribution in [0.4, 0.5) is 27.8 Å². The maximum Gasteiger partial charge on any atom is 0.417 e. The number of nitrogens with zero attached hydrogens (tertiary/aromatic N) is 1. The number of carbonyl (C=O) groups is 2. The predicted molar refractivity (Wildman–Crippen MR) is 106 cm³/mol. The Labute approximate surface area is 185 Å². The molecule has 7 nitrogen and oxygen atoms in total. The van der Waals surface area contributed by atoms with Crippen molar-refractivity contribution in [1.29, 1.82) is 0 Å². The number of ether oxygens (including phenoxy) is 2. The summed E-state index contributed by atoms with van der Waals surface area (Å²) in [7, 11) is 1.03. The first-order chi connectivity index (χ1) is 15.3. The van der Waals surface area contributed by atoms with Crippen molar-refractivity contribution in [1.82, 2.24) is 4.98 Å². The number of nitrogens with one attached hydrogen (secondary N) is 1. The normalized spacial score (nSPS) is 25.0. The molecule has 1 aliphatic rings. The molecule has 2 aromatic rings. The Hall–Kier alpha value is -3.28. The summed E-state index contributed by atoms with van der Waals surface area (Å²) in [6.45, 7) is 1.97. The van der Waals surface area contributed by atoms with Crippen molar-refractivity contribution in [3.05, 3.63) is 53.2 Å². The molecule has 0 radical (unpaired) electrons. The monoisotopic (exact) mass is 473 g/mol. The summed E-state index contributed by atoms with van der Waals surface area (Å²) in [5.41, 5.74) is 2.22. The third-order valence-electron chi connectivity index (χ3n) is 5.87. The topological polar surface area (TPSA) is 104 Å². The largest absolute Gasteiger partial charge is 0.493 e. The fourth-order valence-corrected chi connectivity index (χ4v) is 3.89. The molecule has 1 aromatic heterocycles. The van der Waals surface area contributed by atoms with E-state index in [0.717, 1.165) is 32.2 Å². The third kappa shape index (κ3) is 4.22.